The smallest absolute Gasteiger partial charge is 0.326 e. The van der Waals surface area contributed by atoms with E-state index in [0.717, 1.165) is 21.8 Å². The third-order valence-electron chi connectivity index (χ3n) is 7.50. The number of benzene rings is 2. The monoisotopic (exact) mass is 633 g/mol. The number of H-pyrrole nitrogens is 2. The summed E-state index contributed by atoms with van der Waals surface area (Å²) < 4.78 is 0. The van der Waals surface area contributed by atoms with Gasteiger partial charge in [-0.2, -0.15) is 0 Å². The predicted molar refractivity (Wildman–Crippen MR) is 166 cm³/mol. The van der Waals surface area contributed by atoms with Crippen LogP contribution < -0.4 is 27.4 Å². The molecule has 2 aromatic heterocycles. The average Bonchev–Trinajstić information content (AvgIpc) is 3.62. The number of aliphatic carboxylic acids is 2. The van der Waals surface area contributed by atoms with Crippen molar-refractivity contribution in [3.8, 4) is 0 Å². The van der Waals surface area contributed by atoms with Gasteiger partial charge in [0.2, 0.25) is 23.6 Å². The molecule has 4 rings (SSSR count). The van der Waals surface area contributed by atoms with Crippen LogP contribution in [0.3, 0.4) is 0 Å². The highest BCUT2D eigenvalue weighted by Gasteiger charge is 2.32. The maximum Gasteiger partial charge on any atom is 0.326 e. The number of hydrogen-bond donors (Lipinski definition) is 9. The Balaban J connectivity index is 1.57. The second-order valence-corrected chi connectivity index (χ2v) is 10.9. The normalized spacial score (nSPS) is 13.8. The maximum absolute atomic E-state index is 13.7. The molecule has 0 aliphatic heterocycles. The van der Waals surface area contributed by atoms with E-state index in [0.29, 0.717) is 11.1 Å². The number of fused-ring (bicyclic) bond motifs is 2. The summed E-state index contributed by atoms with van der Waals surface area (Å²) in [5.41, 5.74) is 13.7. The van der Waals surface area contributed by atoms with Crippen molar-refractivity contribution in [1.29, 1.82) is 0 Å². The van der Waals surface area contributed by atoms with Crippen molar-refractivity contribution >= 4 is 57.4 Å². The Kier molecular flexibility index (Phi) is 10.7. The molecule has 4 aromatic rings. The molecule has 2 heterocycles. The molecule has 0 radical (unpaired) electrons. The summed E-state index contributed by atoms with van der Waals surface area (Å²) >= 11 is 0. The van der Waals surface area contributed by atoms with Crippen molar-refractivity contribution < 1.29 is 39.0 Å². The van der Waals surface area contributed by atoms with Crippen LogP contribution in [0, 0.1) is 0 Å². The highest BCUT2D eigenvalue weighted by molar-refractivity contribution is 5.96. The van der Waals surface area contributed by atoms with Gasteiger partial charge in [-0.15, -0.1) is 0 Å². The Morgan fingerprint density at radius 2 is 1.17 bits per heavy atom. The van der Waals surface area contributed by atoms with Crippen LogP contribution in [0.25, 0.3) is 21.8 Å². The number of para-hydroxylation sites is 2. The maximum atomic E-state index is 13.7. The zero-order chi connectivity index (χ0) is 33.4. The minimum atomic E-state index is -1.65. The lowest BCUT2D eigenvalue weighted by Gasteiger charge is -2.24. The number of nitrogens with two attached hydrogens (primary N) is 2. The summed E-state index contributed by atoms with van der Waals surface area (Å²) in [6.07, 6.45) is 1.94. The summed E-state index contributed by atoms with van der Waals surface area (Å²) in [5.74, 6) is -6.18. The highest BCUT2D eigenvalue weighted by atomic mass is 16.4. The first-order chi connectivity index (χ1) is 21.9. The van der Waals surface area contributed by atoms with Crippen molar-refractivity contribution in [3.05, 3.63) is 72.1 Å². The molecule has 4 amide bonds. The van der Waals surface area contributed by atoms with Gasteiger partial charge in [0.25, 0.3) is 0 Å². The molecule has 0 saturated heterocycles. The lowest BCUT2D eigenvalue weighted by Crippen LogP contribution is -2.58. The molecule has 15 nitrogen and oxygen atoms in total. The molecule has 0 aliphatic rings. The fourth-order valence-electron chi connectivity index (χ4n) is 5.09. The van der Waals surface area contributed by atoms with E-state index in [-0.39, 0.29) is 25.7 Å². The molecule has 0 aliphatic carbocycles. The zero-order valence-electron chi connectivity index (χ0n) is 24.6. The van der Waals surface area contributed by atoms with Crippen LogP contribution in [0.15, 0.2) is 60.9 Å². The van der Waals surface area contributed by atoms with Gasteiger partial charge in [-0.1, -0.05) is 36.4 Å². The molecule has 4 unspecified atom stereocenters. The van der Waals surface area contributed by atoms with E-state index in [1.165, 1.54) is 0 Å². The molecular formula is C31H35N7O8. The lowest BCUT2D eigenvalue weighted by atomic mass is 10.0. The lowest BCUT2D eigenvalue weighted by molar-refractivity contribution is -0.143. The van der Waals surface area contributed by atoms with Gasteiger partial charge in [0.15, 0.2) is 0 Å². The average molecular weight is 634 g/mol. The molecule has 0 spiro atoms. The number of primary amides is 1. The minimum absolute atomic E-state index is 0.0697. The molecule has 46 heavy (non-hydrogen) atoms. The van der Waals surface area contributed by atoms with Gasteiger partial charge in [0, 0.05) is 53.5 Å². The number of hydrogen-bond acceptors (Lipinski definition) is 7. The van der Waals surface area contributed by atoms with Crippen LogP contribution >= 0.6 is 0 Å². The minimum Gasteiger partial charge on any atom is -0.481 e. The number of carbonyl (C=O) groups excluding carboxylic acids is 4. The Morgan fingerprint density at radius 3 is 1.70 bits per heavy atom. The second kappa shape index (κ2) is 14.9. The number of rotatable bonds is 16. The number of nitrogens with one attached hydrogen (secondary N) is 5. The molecule has 15 heteroatoms. The van der Waals surface area contributed by atoms with E-state index in [4.69, 9.17) is 11.5 Å². The van der Waals surface area contributed by atoms with Gasteiger partial charge in [0.05, 0.1) is 12.5 Å². The number of aromatic amines is 2. The molecule has 11 N–H and O–H groups in total. The largest absolute Gasteiger partial charge is 0.481 e. The van der Waals surface area contributed by atoms with E-state index in [2.05, 4.69) is 25.9 Å². The first kappa shape index (κ1) is 33.2. The molecule has 0 fully saturated rings. The molecule has 242 valence electrons. The summed E-state index contributed by atoms with van der Waals surface area (Å²) in [5, 5.41) is 28.2. The Bertz CT molecular complexity index is 1760. The van der Waals surface area contributed by atoms with Crippen molar-refractivity contribution in [1.82, 2.24) is 25.9 Å². The SMILES string of the molecule is NC(=O)CCC(N)C(=O)NC(CC(=O)O)C(=O)NC(Cc1c[nH]c2ccccc12)C(=O)NC(Cc1c[nH]c2ccccc12)C(=O)O. The van der Waals surface area contributed by atoms with Crippen molar-refractivity contribution in [2.75, 3.05) is 0 Å². The highest BCUT2D eigenvalue weighted by Crippen LogP contribution is 2.21. The second-order valence-electron chi connectivity index (χ2n) is 10.9. The molecular weight excluding hydrogens is 598 g/mol. The van der Waals surface area contributed by atoms with Gasteiger partial charge >= 0.3 is 11.9 Å². The first-order valence-corrected chi connectivity index (χ1v) is 14.4. The van der Waals surface area contributed by atoms with E-state index in [9.17, 15) is 39.0 Å². The van der Waals surface area contributed by atoms with E-state index in [1.807, 2.05) is 30.3 Å². The van der Waals surface area contributed by atoms with Gasteiger partial charge in [-0.05, 0) is 29.7 Å². The molecule has 4 atom stereocenters. The summed E-state index contributed by atoms with van der Waals surface area (Å²) in [4.78, 5) is 80.8. The fraction of sp³-hybridized carbons (Fsp3) is 0.290. The van der Waals surface area contributed by atoms with Gasteiger partial charge in [-0.3, -0.25) is 24.0 Å². The van der Waals surface area contributed by atoms with E-state index < -0.39 is 66.2 Å². The van der Waals surface area contributed by atoms with Crippen LogP contribution in [0.2, 0.25) is 0 Å². The Hall–Kier alpha value is -5.70. The van der Waals surface area contributed by atoms with Crippen molar-refractivity contribution in [3.63, 3.8) is 0 Å². The number of aromatic nitrogens is 2. The van der Waals surface area contributed by atoms with Gasteiger partial charge in [0.1, 0.15) is 18.1 Å². The predicted octanol–water partition coefficient (Wildman–Crippen LogP) is 0.0409. The zero-order valence-corrected chi connectivity index (χ0v) is 24.6. The third kappa shape index (κ3) is 8.47. The van der Waals surface area contributed by atoms with Crippen LogP contribution in [0.1, 0.15) is 30.4 Å². The van der Waals surface area contributed by atoms with Crippen molar-refractivity contribution in [2.24, 2.45) is 11.5 Å². The summed E-state index contributed by atoms with van der Waals surface area (Å²) in [7, 11) is 0. The van der Waals surface area contributed by atoms with Gasteiger partial charge in [-0.25, -0.2) is 4.79 Å². The number of carboxylic acids is 2. The third-order valence-corrected chi connectivity index (χ3v) is 7.50. The first-order valence-electron chi connectivity index (χ1n) is 14.4. The standard InChI is InChI=1S/C31H35N7O8/c32-20(9-10-26(33)39)28(42)36-24(13-27(40)41)30(44)37-23(11-16-14-34-21-7-3-1-5-18(16)21)29(43)38-25(31(45)46)12-17-15-35-22-8-4-2-6-19(17)22/h1-8,14-15,20,23-25,34-35H,9-13,32H2,(H2,33,39)(H,36,42)(H,37,44)(H,38,43)(H,40,41)(H,45,46). The number of amides is 4. The summed E-state index contributed by atoms with van der Waals surface area (Å²) in [6.45, 7) is 0. The van der Waals surface area contributed by atoms with E-state index >= 15 is 0 Å². The van der Waals surface area contributed by atoms with Gasteiger partial charge < -0.3 is 47.6 Å². The molecule has 2 aromatic carbocycles. The van der Waals surface area contributed by atoms with Crippen LogP contribution in [0.4, 0.5) is 0 Å². The Morgan fingerprint density at radius 1 is 0.696 bits per heavy atom. The Labute approximate surface area is 262 Å². The molecule has 0 bridgehead atoms. The summed E-state index contributed by atoms with van der Waals surface area (Å²) in [6, 6.07) is 8.81. The van der Waals surface area contributed by atoms with Crippen LogP contribution in [0.5, 0.6) is 0 Å². The van der Waals surface area contributed by atoms with Crippen LogP contribution in [-0.4, -0.2) is 79.9 Å². The fourth-order valence-corrected chi connectivity index (χ4v) is 5.09. The van der Waals surface area contributed by atoms with Crippen LogP contribution in [-0.2, 0) is 41.6 Å². The molecule has 0 saturated carbocycles. The number of carboxylic acid groups (broad SMARTS) is 2. The number of carbonyl (C=O) groups is 6. The van der Waals surface area contributed by atoms with E-state index in [1.54, 1.807) is 30.6 Å². The quantitative estimate of drug-likeness (QED) is 0.0805. The topological polar surface area (TPSA) is 263 Å². The van der Waals surface area contributed by atoms with Crippen molar-refractivity contribution in [2.45, 2.75) is 56.3 Å².